The summed E-state index contributed by atoms with van der Waals surface area (Å²) in [5.74, 6) is 0.485. The third kappa shape index (κ3) is 3.73. The predicted molar refractivity (Wildman–Crippen MR) is 88.4 cm³/mol. The van der Waals surface area contributed by atoms with E-state index in [-0.39, 0.29) is 5.91 Å². The average molecular weight is 322 g/mol. The van der Waals surface area contributed by atoms with E-state index in [1.54, 1.807) is 29.2 Å². The highest BCUT2D eigenvalue weighted by Gasteiger charge is 2.28. The molecule has 1 amide bonds. The summed E-state index contributed by atoms with van der Waals surface area (Å²) < 4.78 is 11.3. The zero-order valence-corrected chi connectivity index (χ0v) is 13.2. The number of benzene rings is 2. The first kappa shape index (κ1) is 16.0. The van der Waals surface area contributed by atoms with Gasteiger partial charge in [0, 0.05) is 18.7 Å². The number of nitriles is 1. The Kier molecular flexibility index (Phi) is 5.09. The molecule has 2 aromatic rings. The molecule has 0 spiro atoms. The van der Waals surface area contributed by atoms with Gasteiger partial charge in [-0.1, -0.05) is 30.3 Å². The fraction of sp³-hybridized carbons (Fsp3) is 0.263. The van der Waals surface area contributed by atoms with Gasteiger partial charge < -0.3 is 14.4 Å². The summed E-state index contributed by atoms with van der Waals surface area (Å²) in [7, 11) is 0. The maximum atomic E-state index is 12.9. The molecule has 0 aliphatic carbocycles. The first-order valence-electron chi connectivity index (χ1n) is 7.86. The monoisotopic (exact) mass is 322 g/mol. The van der Waals surface area contributed by atoms with E-state index in [2.05, 4.69) is 6.07 Å². The number of hydrogen-bond acceptors (Lipinski definition) is 4. The summed E-state index contributed by atoms with van der Waals surface area (Å²) in [6, 6.07) is 18.3. The van der Waals surface area contributed by atoms with Gasteiger partial charge in [-0.2, -0.15) is 5.26 Å². The zero-order chi connectivity index (χ0) is 16.8. The fourth-order valence-electron chi connectivity index (χ4n) is 2.58. The Labute approximate surface area is 141 Å². The number of nitrogens with zero attached hydrogens (tertiary/aromatic N) is 2. The van der Waals surface area contributed by atoms with E-state index in [9.17, 15) is 4.79 Å². The minimum absolute atomic E-state index is 0.0751. The highest BCUT2D eigenvalue weighted by molar-refractivity contribution is 5.82. The molecule has 0 bridgehead atoms. The highest BCUT2D eigenvalue weighted by Crippen LogP contribution is 2.24. The molecule has 5 nitrogen and oxygen atoms in total. The number of ether oxygens (including phenoxy) is 2. The molecule has 1 aliphatic rings. The summed E-state index contributed by atoms with van der Waals surface area (Å²) >= 11 is 0. The lowest BCUT2D eigenvalue weighted by Gasteiger charge is -2.30. The van der Waals surface area contributed by atoms with Crippen LogP contribution < -0.4 is 4.74 Å². The first-order valence-corrected chi connectivity index (χ1v) is 7.86. The van der Waals surface area contributed by atoms with Crippen molar-refractivity contribution in [2.24, 2.45) is 0 Å². The molecule has 0 saturated carbocycles. The molecule has 1 heterocycles. The van der Waals surface area contributed by atoms with Crippen LogP contribution >= 0.6 is 0 Å². The smallest absolute Gasteiger partial charge is 0.268 e. The van der Waals surface area contributed by atoms with Gasteiger partial charge in [0.1, 0.15) is 5.75 Å². The van der Waals surface area contributed by atoms with Gasteiger partial charge in [0.2, 0.25) is 6.10 Å². The molecule has 1 saturated heterocycles. The van der Waals surface area contributed by atoms with Gasteiger partial charge in [-0.3, -0.25) is 4.79 Å². The van der Waals surface area contributed by atoms with Crippen LogP contribution in [0.15, 0.2) is 54.6 Å². The number of carbonyl (C=O) groups excluding carboxylic acids is 1. The Balaban J connectivity index is 1.84. The lowest BCUT2D eigenvalue weighted by atomic mass is 10.1. The second-order valence-electron chi connectivity index (χ2n) is 5.48. The van der Waals surface area contributed by atoms with E-state index in [1.165, 1.54) is 0 Å². The molecule has 24 heavy (non-hydrogen) atoms. The molecule has 0 aromatic heterocycles. The van der Waals surface area contributed by atoms with Gasteiger partial charge in [0.15, 0.2) is 0 Å². The van der Waals surface area contributed by atoms with Crippen LogP contribution in [-0.2, 0) is 9.53 Å². The molecule has 0 unspecified atom stereocenters. The van der Waals surface area contributed by atoms with Crippen LogP contribution in [0.3, 0.4) is 0 Å². The van der Waals surface area contributed by atoms with Crippen molar-refractivity contribution in [1.82, 2.24) is 4.90 Å². The Hall–Kier alpha value is -2.84. The van der Waals surface area contributed by atoms with Crippen molar-refractivity contribution in [3.05, 3.63) is 65.7 Å². The van der Waals surface area contributed by atoms with Crippen molar-refractivity contribution in [3.8, 4) is 11.8 Å². The van der Waals surface area contributed by atoms with E-state index in [0.29, 0.717) is 37.6 Å². The second-order valence-corrected chi connectivity index (χ2v) is 5.48. The zero-order valence-electron chi connectivity index (χ0n) is 13.2. The van der Waals surface area contributed by atoms with Crippen LogP contribution in [0.5, 0.6) is 5.75 Å². The highest BCUT2D eigenvalue weighted by atomic mass is 16.5. The first-order chi connectivity index (χ1) is 11.8. The number of amides is 1. The Morgan fingerprint density at radius 2 is 1.75 bits per heavy atom. The fourth-order valence-corrected chi connectivity index (χ4v) is 2.58. The molecule has 3 rings (SSSR count). The lowest BCUT2D eigenvalue weighted by Crippen LogP contribution is -2.44. The van der Waals surface area contributed by atoms with E-state index in [1.807, 2.05) is 30.3 Å². The molecule has 1 atom stereocenters. The molecule has 1 aliphatic heterocycles. The molecular formula is C19H18N2O3. The van der Waals surface area contributed by atoms with E-state index < -0.39 is 6.10 Å². The summed E-state index contributed by atoms with van der Waals surface area (Å²) in [4.78, 5) is 14.7. The van der Waals surface area contributed by atoms with Crippen molar-refractivity contribution >= 4 is 5.91 Å². The van der Waals surface area contributed by atoms with Crippen molar-refractivity contribution in [2.75, 3.05) is 26.3 Å². The Morgan fingerprint density at radius 1 is 1.08 bits per heavy atom. The third-order valence-corrected chi connectivity index (χ3v) is 3.89. The molecule has 0 radical (unpaired) electrons. The number of morpholine rings is 1. The van der Waals surface area contributed by atoms with Gasteiger partial charge >= 0.3 is 0 Å². The van der Waals surface area contributed by atoms with Gasteiger partial charge in [-0.15, -0.1) is 0 Å². The number of rotatable bonds is 4. The predicted octanol–water partition coefficient (Wildman–Crippen LogP) is 2.54. The molecule has 2 aromatic carbocycles. The average Bonchev–Trinajstić information content (AvgIpc) is 2.67. The van der Waals surface area contributed by atoms with Crippen molar-refractivity contribution in [3.63, 3.8) is 0 Å². The quantitative estimate of drug-likeness (QED) is 0.868. The minimum atomic E-state index is -0.711. The molecule has 122 valence electrons. The largest absolute Gasteiger partial charge is 0.476 e. The van der Waals surface area contributed by atoms with Crippen LogP contribution in [-0.4, -0.2) is 37.1 Å². The van der Waals surface area contributed by atoms with Crippen LogP contribution in [0.1, 0.15) is 17.2 Å². The summed E-state index contributed by atoms with van der Waals surface area (Å²) in [5.41, 5.74) is 1.36. The van der Waals surface area contributed by atoms with Gasteiger partial charge in [-0.05, 0) is 24.3 Å². The minimum Gasteiger partial charge on any atom is -0.476 e. The molecular weight excluding hydrogens is 304 g/mol. The van der Waals surface area contributed by atoms with Crippen LogP contribution in [0.4, 0.5) is 0 Å². The summed E-state index contributed by atoms with van der Waals surface area (Å²) in [5, 5.41) is 8.88. The standard InChI is InChI=1S/C19H18N2O3/c20-14-15-6-8-17(9-7-15)24-18(16-4-2-1-3-5-16)19(22)21-10-12-23-13-11-21/h1-9,18H,10-13H2/t18-/m1/s1. The van der Waals surface area contributed by atoms with Gasteiger partial charge in [0.25, 0.3) is 5.91 Å². The number of hydrogen-bond donors (Lipinski definition) is 0. The Bertz CT molecular complexity index is 717. The maximum Gasteiger partial charge on any atom is 0.268 e. The van der Waals surface area contributed by atoms with E-state index in [4.69, 9.17) is 14.7 Å². The van der Waals surface area contributed by atoms with Gasteiger partial charge in [-0.25, -0.2) is 0 Å². The molecule has 1 fully saturated rings. The SMILES string of the molecule is N#Cc1ccc(O[C@@H](C(=O)N2CCOCC2)c2ccccc2)cc1. The summed E-state index contributed by atoms with van der Waals surface area (Å²) in [6.07, 6.45) is -0.711. The van der Waals surface area contributed by atoms with Crippen molar-refractivity contribution in [1.29, 1.82) is 5.26 Å². The third-order valence-electron chi connectivity index (χ3n) is 3.89. The Morgan fingerprint density at radius 3 is 2.38 bits per heavy atom. The van der Waals surface area contributed by atoms with Crippen LogP contribution in [0, 0.1) is 11.3 Å². The van der Waals surface area contributed by atoms with Gasteiger partial charge in [0.05, 0.1) is 24.8 Å². The maximum absolute atomic E-state index is 12.9. The molecule has 0 N–H and O–H groups in total. The molecule has 5 heteroatoms. The number of carbonyl (C=O) groups is 1. The van der Waals surface area contributed by atoms with Crippen molar-refractivity contribution < 1.29 is 14.3 Å². The lowest BCUT2D eigenvalue weighted by molar-refractivity contribution is -0.143. The normalized spacial score (nSPS) is 15.4. The second kappa shape index (κ2) is 7.62. The van der Waals surface area contributed by atoms with Crippen LogP contribution in [0.2, 0.25) is 0 Å². The van der Waals surface area contributed by atoms with Crippen molar-refractivity contribution in [2.45, 2.75) is 6.10 Å². The summed E-state index contributed by atoms with van der Waals surface area (Å²) in [6.45, 7) is 2.23. The van der Waals surface area contributed by atoms with E-state index in [0.717, 1.165) is 5.56 Å². The topological polar surface area (TPSA) is 62.6 Å². The van der Waals surface area contributed by atoms with E-state index >= 15 is 0 Å². The van der Waals surface area contributed by atoms with Crippen LogP contribution in [0.25, 0.3) is 0 Å².